The molecule has 1 aliphatic rings. The quantitative estimate of drug-likeness (QED) is 0.599. The molecule has 0 saturated heterocycles. The third kappa shape index (κ3) is 1.40. The predicted molar refractivity (Wildman–Crippen MR) is 51.1 cm³/mol. The normalized spacial score (nSPS) is 30.4. The molecule has 2 atom stereocenters. The molecule has 0 amide bonds. The fourth-order valence-corrected chi connectivity index (χ4v) is 2.31. The summed E-state index contributed by atoms with van der Waals surface area (Å²) in [6.07, 6.45) is 10.0. The highest BCUT2D eigenvalue weighted by Gasteiger charge is 2.21. The minimum atomic E-state index is 0.772. The molecule has 1 heteroatoms. The first-order chi connectivity index (χ1) is 5.88. The van der Waals surface area contributed by atoms with E-state index in [9.17, 15) is 0 Å². The number of aromatic nitrogens is 1. The Bertz CT molecular complexity index is 225. The summed E-state index contributed by atoms with van der Waals surface area (Å²) < 4.78 is 2.38. The van der Waals surface area contributed by atoms with Gasteiger partial charge in [-0.15, -0.1) is 0 Å². The first kappa shape index (κ1) is 7.90. The molecular formula is C11H17N. The highest BCUT2D eigenvalue weighted by molar-refractivity contribution is 4.94. The molecule has 0 N–H and O–H groups in total. The van der Waals surface area contributed by atoms with Gasteiger partial charge in [-0.05, 0) is 30.9 Å². The zero-order valence-electron chi connectivity index (χ0n) is 7.74. The second-order valence-corrected chi connectivity index (χ2v) is 3.96. The van der Waals surface area contributed by atoms with Gasteiger partial charge in [-0.2, -0.15) is 0 Å². The molecule has 66 valence electrons. The smallest absolute Gasteiger partial charge is 0.0356 e. The summed E-state index contributed by atoms with van der Waals surface area (Å²) >= 11 is 0. The highest BCUT2D eigenvalue weighted by Crippen LogP contribution is 2.33. The van der Waals surface area contributed by atoms with Crippen molar-refractivity contribution in [3.8, 4) is 0 Å². The highest BCUT2D eigenvalue weighted by atomic mass is 15.0. The third-order valence-electron chi connectivity index (χ3n) is 3.08. The first-order valence-electron chi connectivity index (χ1n) is 5.00. The van der Waals surface area contributed by atoms with Crippen molar-refractivity contribution in [3.05, 3.63) is 24.5 Å². The van der Waals surface area contributed by atoms with Crippen LogP contribution in [-0.4, -0.2) is 4.57 Å². The van der Waals surface area contributed by atoms with E-state index in [0.717, 1.165) is 12.0 Å². The van der Waals surface area contributed by atoms with E-state index in [1.54, 1.807) is 0 Å². The van der Waals surface area contributed by atoms with Gasteiger partial charge < -0.3 is 4.57 Å². The minimum absolute atomic E-state index is 0.772. The molecule has 1 aliphatic carbocycles. The molecule has 1 aromatic heterocycles. The van der Waals surface area contributed by atoms with Gasteiger partial charge in [-0.1, -0.05) is 19.8 Å². The van der Waals surface area contributed by atoms with Gasteiger partial charge in [0, 0.05) is 18.4 Å². The van der Waals surface area contributed by atoms with E-state index >= 15 is 0 Å². The average molecular weight is 163 g/mol. The Kier molecular flexibility index (Phi) is 2.20. The maximum atomic E-state index is 2.38. The number of hydrogen-bond acceptors (Lipinski definition) is 0. The SMILES string of the molecule is CC1CCCCC1n1cccc1. The maximum absolute atomic E-state index is 2.38. The molecule has 0 bridgehead atoms. The van der Waals surface area contributed by atoms with Crippen LogP contribution in [0, 0.1) is 5.92 Å². The molecule has 1 saturated carbocycles. The van der Waals surface area contributed by atoms with Crippen LogP contribution < -0.4 is 0 Å². The van der Waals surface area contributed by atoms with Gasteiger partial charge in [0.2, 0.25) is 0 Å². The van der Waals surface area contributed by atoms with Crippen LogP contribution in [0.1, 0.15) is 38.6 Å². The number of rotatable bonds is 1. The topological polar surface area (TPSA) is 4.93 Å². The van der Waals surface area contributed by atoms with Crippen molar-refractivity contribution in [2.45, 2.75) is 38.6 Å². The standard InChI is InChI=1S/C11H17N/c1-10-6-2-3-7-11(10)12-8-4-5-9-12/h4-5,8-11H,2-3,6-7H2,1H3. The van der Waals surface area contributed by atoms with Gasteiger partial charge >= 0.3 is 0 Å². The minimum Gasteiger partial charge on any atom is -0.351 e. The Morgan fingerprint density at radius 2 is 1.75 bits per heavy atom. The fourth-order valence-electron chi connectivity index (χ4n) is 2.31. The summed E-state index contributed by atoms with van der Waals surface area (Å²) in [6.45, 7) is 2.38. The van der Waals surface area contributed by atoms with Crippen LogP contribution in [0.5, 0.6) is 0 Å². The van der Waals surface area contributed by atoms with Gasteiger partial charge in [0.25, 0.3) is 0 Å². The monoisotopic (exact) mass is 163 g/mol. The summed E-state index contributed by atoms with van der Waals surface area (Å²) in [5.41, 5.74) is 0. The van der Waals surface area contributed by atoms with Crippen molar-refractivity contribution in [2.24, 2.45) is 5.92 Å². The van der Waals surface area contributed by atoms with Crippen LogP contribution in [0.15, 0.2) is 24.5 Å². The molecular weight excluding hydrogens is 146 g/mol. The molecule has 1 heterocycles. The molecule has 1 aromatic rings. The fraction of sp³-hybridized carbons (Fsp3) is 0.636. The van der Waals surface area contributed by atoms with Crippen LogP contribution >= 0.6 is 0 Å². The second kappa shape index (κ2) is 3.34. The third-order valence-corrected chi connectivity index (χ3v) is 3.08. The van der Waals surface area contributed by atoms with Crippen molar-refractivity contribution in [1.82, 2.24) is 4.57 Å². The lowest BCUT2D eigenvalue weighted by atomic mass is 9.86. The second-order valence-electron chi connectivity index (χ2n) is 3.96. The summed E-state index contributed by atoms with van der Waals surface area (Å²) in [7, 11) is 0. The lowest BCUT2D eigenvalue weighted by Crippen LogP contribution is -2.19. The van der Waals surface area contributed by atoms with E-state index in [-0.39, 0.29) is 0 Å². The van der Waals surface area contributed by atoms with Crippen LogP contribution in [0.2, 0.25) is 0 Å². The van der Waals surface area contributed by atoms with E-state index in [1.807, 2.05) is 0 Å². The number of hydrogen-bond donors (Lipinski definition) is 0. The molecule has 0 aliphatic heterocycles. The van der Waals surface area contributed by atoms with Gasteiger partial charge in [0.1, 0.15) is 0 Å². The zero-order chi connectivity index (χ0) is 8.39. The zero-order valence-corrected chi connectivity index (χ0v) is 7.74. The van der Waals surface area contributed by atoms with Crippen molar-refractivity contribution in [2.75, 3.05) is 0 Å². The maximum Gasteiger partial charge on any atom is 0.0356 e. The van der Waals surface area contributed by atoms with E-state index in [0.29, 0.717) is 0 Å². The van der Waals surface area contributed by atoms with Gasteiger partial charge in [-0.3, -0.25) is 0 Å². The van der Waals surface area contributed by atoms with Crippen LogP contribution in [-0.2, 0) is 0 Å². The molecule has 1 fully saturated rings. The van der Waals surface area contributed by atoms with Crippen molar-refractivity contribution in [3.63, 3.8) is 0 Å². The summed E-state index contributed by atoms with van der Waals surface area (Å²) in [5, 5.41) is 0. The lowest BCUT2D eigenvalue weighted by molar-refractivity contribution is 0.258. The van der Waals surface area contributed by atoms with E-state index < -0.39 is 0 Å². The molecule has 2 unspecified atom stereocenters. The van der Waals surface area contributed by atoms with E-state index in [4.69, 9.17) is 0 Å². The first-order valence-corrected chi connectivity index (χ1v) is 5.00. The predicted octanol–water partition coefficient (Wildman–Crippen LogP) is 3.24. The summed E-state index contributed by atoms with van der Waals surface area (Å²) in [4.78, 5) is 0. The van der Waals surface area contributed by atoms with Crippen molar-refractivity contribution in [1.29, 1.82) is 0 Å². The molecule has 0 aromatic carbocycles. The Balaban J connectivity index is 2.11. The van der Waals surface area contributed by atoms with Crippen molar-refractivity contribution < 1.29 is 0 Å². The van der Waals surface area contributed by atoms with E-state index in [2.05, 4.69) is 36.0 Å². The molecule has 2 rings (SSSR count). The Morgan fingerprint density at radius 1 is 1.08 bits per heavy atom. The largest absolute Gasteiger partial charge is 0.351 e. The summed E-state index contributed by atoms with van der Waals surface area (Å²) in [6, 6.07) is 5.02. The molecule has 1 nitrogen and oxygen atoms in total. The molecule has 12 heavy (non-hydrogen) atoms. The van der Waals surface area contributed by atoms with Crippen molar-refractivity contribution >= 4 is 0 Å². The van der Waals surface area contributed by atoms with Crippen LogP contribution in [0.3, 0.4) is 0 Å². The Morgan fingerprint density at radius 3 is 2.42 bits per heavy atom. The van der Waals surface area contributed by atoms with Gasteiger partial charge in [0.15, 0.2) is 0 Å². The van der Waals surface area contributed by atoms with Crippen LogP contribution in [0.25, 0.3) is 0 Å². The Hall–Kier alpha value is -0.720. The lowest BCUT2D eigenvalue weighted by Gasteiger charge is -2.30. The van der Waals surface area contributed by atoms with Gasteiger partial charge in [-0.25, -0.2) is 0 Å². The molecule has 0 radical (unpaired) electrons. The average Bonchev–Trinajstić information content (AvgIpc) is 2.57. The Labute approximate surface area is 74.4 Å². The summed E-state index contributed by atoms with van der Waals surface area (Å²) in [5.74, 6) is 0.867. The van der Waals surface area contributed by atoms with E-state index in [1.165, 1.54) is 25.7 Å². The van der Waals surface area contributed by atoms with Gasteiger partial charge in [0.05, 0.1) is 0 Å². The van der Waals surface area contributed by atoms with Crippen LogP contribution in [0.4, 0.5) is 0 Å². The number of nitrogens with zero attached hydrogens (tertiary/aromatic N) is 1. The molecule has 0 spiro atoms.